The van der Waals surface area contributed by atoms with Crippen molar-refractivity contribution in [2.75, 3.05) is 45.1 Å². The van der Waals surface area contributed by atoms with E-state index in [-0.39, 0.29) is 6.04 Å². The Bertz CT molecular complexity index is 999. The summed E-state index contributed by atoms with van der Waals surface area (Å²) in [6.45, 7) is 4.84. The molecule has 1 unspecified atom stereocenters. The smallest absolute Gasteiger partial charge is 0.133 e. The summed E-state index contributed by atoms with van der Waals surface area (Å²) in [5.41, 5.74) is 4.05. The van der Waals surface area contributed by atoms with E-state index < -0.39 is 6.10 Å². The number of β-amino-alcohol motifs (C(OH)–C–C–N with tert-alkyl or cyclic N) is 1. The van der Waals surface area contributed by atoms with Crippen LogP contribution in [0.2, 0.25) is 0 Å². The maximum Gasteiger partial charge on any atom is 0.133 e. The second-order valence-electron chi connectivity index (χ2n) is 9.22. The number of ether oxygens (including phenoxy) is 1. The average Bonchev–Trinajstić information content (AvgIpc) is 2.90. The van der Waals surface area contributed by atoms with Crippen LogP contribution < -0.4 is 4.74 Å². The molecule has 0 spiro atoms. The van der Waals surface area contributed by atoms with Gasteiger partial charge < -0.3 is 9.84 Å². The lowest BCUT2D eigenvalue weighted by atomic mass is 9.96. The molecule has 0 radical (unpaired) electrons. The minimum atomic E-state index is -0.491. The fourth-order valence-corrected chi connectivity index (χ4v) is 6.22. The van der Waals surface area contributed by atoms with Gasteiger partial charge in [-0.15, -0.1) is 11.8 Å². The summed E-state index contributed by atoms with van der Waals surface area (Å²) >= 11 is 1.88. The molecule has 0 amide bonds. The lowest BCUT2D eigenvalue weighted by Crippen LogP contribution is -2.50. The number of hydrogen-bond donors (Lipinski definition) is 1. The van der Waals surface area contributed by atoms with E-state index in [2.05, 4.69) is 82.6 Å². The van der Waals surface area contributed by atoms with Crippen molar-refractivity contribution >= 4 is 11.8 Å². The number of hydrogen-bond acceptors (Lipinski definition) is 5. The minimum Gasteiger partial charge on any atom is -0.490 e. The molecule has 34 heavy (non-hydrogen) atoms. The van der Waals surface area contributed by atoms with Crippen LogP contribution in [-0.2, 0) is 6.42 Å². The number of fused-ring (bicyclic) bond motifs is 1. The van der Waals surface area contributed by atoms with Crippen molar-refractivity contribution in [3.05, 3.63) is 95.6 Å². The van der Waals surface area contributed by atoms with E-state index in [1.165, 1.54) is 28.0 Å². The van der Waals surface area contributed by atoms with Crippen LogP contribution in [-0.4, -0.2) is 66.1 Å². The van der Waals surface area contributed by atoms with E-state index in [0.717, 1.165) is 44.1 Å². The highest BCUT2D eigenvalue weighted by Gasteiger charge is 2.27. The number of piperazine rings is 1. The molecule has 1 atom stereocenters. The first-order valence-electron chi connectivity index (χ1n) is 12.4. The Balaban J connectivity index is 1.16. The zero-order valence-electron chi connectivity index (χ0n) is 19.7. The zero-order valence-corrected chi connectivity index (χ0v) is 20.5. The third-order valence-corrected chi connectivity index (χ3v) is 8.04. The first kappa shape index (κ1) is 23.4. The molecule has 3 aromatic carbocycles. The quantitative estimate of drug-likeness (QED) is 0.504. The molecule has 2 aliphatic heterocycles. The topological polar surface area (TPSA) is 35.9 Å². The second-order valence-corrected chi connectivity index (χ2v) is 10.3. The van der Waals surface area contributed by atoms with Gasteiger partial charge in [0.2, 0.25) is 0 Å². The standard InChI is InChI=1S/C29H34N2O2S/c32-26(22-33-27-15-7-13-25-14-8-20-34-29(25)27)21-30-16-18-31(19-17-30)28(23-9-3-1-4-10-23)24-11-5-2-6-12-24/h1-7,9-13,15,26,28,32H,8,14,16-22H2. The van der Waals surface area contributed by atoms with E-state index in [4.69, 9.17) is 4.74 Å². The van der Waals surface area contributed by atoms with Crippen LogP contribution in [0.4, 0.5) is 0 Å². The number of benzene rings is 3. The molecule has 5 heteroatoms. The Hall–Kier alpha value is -2.31. The number of thioether (sulfide) groups is 1. The second kappa shape index (κ2) is 11.4. The predicted molar refractivity (Wildman–Crippen MR) is 140 cm³/mol. The van der Waals surface area contributed by atoms with Crippen molar-refractivity contribution in [3.63, 3.8) is 0 Å². The minimum absolute atomic E-state index is 0.263. The Morgan fingerprint density at radius 1 is 0.824 bits per heavy atom. The Labute approximate surface area is 207 Å². The van der Waals surface area contributed by atoms with E-state index >= 15 is 0 Å². The maximum absolute atomic E-state index is 10.7. The summed E-state index contributed by atoms with van der Waals surface area (Å²) in [7, 11) is 0. The largest absolute Gasteiger partial charge is 0.490 e. The zero-order chi connectivity index (χ0) is 23.2. The molecule has 3 aromatic rings. The van der Waals surface area contributed by atoms with Gasteiger partial charge in [0.05, 0.1) is 10.9 Å². The number of aliphatic hydroxyl groups is 1. The van der Waals surface area contributed by atoms with Gasteiger partial charge in [-0.3, -0.25) is 9.80 Å². The van der Waals surface area contributed by atoms with Crippen LogP contribution >= 0.6 is 11.8 Å². The summed E-state index contributed by atoms with van der Waals surface area (Å²) in [5.74, 6) is 2.08. The molecular formula is C29H34N2O2S. The lowest BCUT2D eigenvalue weighted by molar-refractivity contribution is 0.0395. The maximum atomic E-state index is 10.7. The van der Waals surface area contributed by atoms with Crippen LogP contribution in [0.5, 0.6) is 5.75 Å². The molecule has 178 valence electrons. The fraction of sp³-hybridized carbons (Fsp3) is 0.379. The molecule has 2 heterocycles. The molecule has 4 nitrogen and oxygen atoms in total. The number of aryl methyl sites for hydroxylation is 1. The van der Waals surface area contributed by atoms with Crippen LogP contribution in [0, 0.1) is 0 Å². The van der Waals surface area contributed by atoms with Gasteiger partial charge >= 0.3 is 0 Å². The molecule has 2 aliphatic rings. The van der Waals surface area contributed by atoms with E-state index in [1.807, 2.05) is 17.8 Å². The van der Waals surface area contributed by atoms with Crippen LogP contribution in [0.3, 0.4) is 0 Å². The summed E-state index contributed by atoms with van der Waals surface area (Å²) in [6, 6.07) is 28.1. The van der Waals surface area contributed by atoms with Crippen molar-refractivity contribution in [2.45, 2.75) is 29.9 Å². The summed E-state index contributed by atoms with van der Waals surface area (Å²) in [6.07, 6.45) is 1.86. The van der Waals surface area contributed by atoms with Gasteiger partial charge in [-0.05, 0) is 41.4 Å². The van der Waals surface area contributed by atoms with Crippen molar-refractivity contribution in [3.8, 4) is 5.75 Å². The monoisotopic (exact) mass is 474 g/mol. The van der Waals surface area contributed by atoms with Crippen molar-refractivity contribution in [2.24, 2.45) is 0 Å². The molecule has 1 N–H and O–H groups in total. The highest BCUT2D eigenvalue weighted by molar-refractivity contribution is 7.99. The van der Waals surface area contributed by atoms with Gasteiger partial charge in [0.15, 0.2) is 0 Å². The molecule has 0 bridgehead atoms. The fourth-order valence-electron chi connectivity index (χ4n) is 5.10. The number of nitrogens with zero attached hydrogens (tertiary/aromatic N) is 2. The Morgan fingerprint density at radius 2 is 1.50 bits per heavy atom. The van der Waals surface area contributed by atoms with Gasteiger partial charge in [0.25, 0.3) is 0 Å². The first-order chi connectivity index (χ1) is 16.8. The van der Waals surface area contributed by atoms with Gasteiger partial charge in [-0.2, -0.15) is 0 Å². The van der Waals surface area contributed by atoms with Crippen molar-refractivity contribution < 1.29 is 9.84 Å². The van der Waals surface area contributed by atoms with Gasteiger partial charge in [0.1, 0.15) is 18.5 Å². The summed E-state index contributed by atoms with van der Waals surface area (Å²) in [5, 5.41) is 10.7. The van der Waals surface area contributed by atoms with E-state index in [0.29, 0.717) is 13.2 Å². The van der Waals surface area contributed by atoms with Crippen LogP contribution in [0.15, 0.2) is 83.8 Å². The molecule has 1 fully saturated rings. The van der Waals surface area contributed by atoms with E-state index in [1.54, 1.807) is 0 Å². The SMILES string of the molecule is OC(COc1cccc2c1SCCC2)CN1CCN(C(c2ccccc2)c2ccccc2)CC1. The van der Waals surface area contributed by atoms with Gasteiger partial charge in [-0.1, -0.05) is 72.8 Å². The molecule has 5 rings (SSSR count). The highest BCUT2D eigenvalue weighted by atomic mass is 32.2. The van der Waals surface area contributed by atoms with Crippen molar-refractivity contribution in [1.82, 2.24) is 9.80 Å². The molecular weight excluding hydrogens is 440 g/mol. The first-order valence-corrected chi connectivity index (χ1v) is 13.4. The summed E-state index contributed by atoms with van der Waals surface area (Å²) < 4.78 is 6.07. The van der Waals surface area contributed by atoms with Crippen LogP contribution in [0.1, 0.15) is 29.2 Å². The number of rotatable bonds is 8. The molecule has 0 aromatic heterocycles. The molecule has 1 saturated heterocycles. The third kappa shape index (κ3) is 5.66. The lowest BCUT2D eigenvalue weighted by Gasteiger charge is -2.40. The predicted octanol–water partition coefficient (Wildman–Crippen LogP) is 4.87. The Kier molecular flexibility index (Phi) is 7.86. The summed E-state index contributed by atoms with van der Waals surface area (Å²) in [4.78, 5) is 6.20. The van der Waals surface area contributed by atoms with E-state index in [9.17, 15) is 5.11 Å². The van der Waals surface area contributed by atoms with Crippen LogP contribution in [0.25, 0.3) is 0 Å². The highest BCUT2D eigenvalue weighted by Crippen LogP contribution is 2.37. The normalized spacial score (nSPS) is 17.9. The van der Waals surface area contributed by atoms with Gasteiger partial charge in [0, 0.05) is 32.7 Å². The van der Waals surface area contributed by atoms with Crippen molar-refractivity contribution in [1.29, 1.82) is 0 Å². The van der Waals surface area contributed by atoms with Gasteiger partial charge in [-0.25, -0.2) is 0 Å². The Morgan fingerprint density at radius 3 is 2.18 bits per heavy atom. The molecule has 0 saturated carbocycles. The number of aliphatic hydroxyl groups excluding tert-OH is 1. The third-order valence-electron chi connectivity index (χ3n) is 6.80. The molecule has 0 aliphatic carbocycles. The average molecular weight is 475 g/mol.